The molecule has 124 valence electrons. The van der Waals surface area contributed by atoms with Gasteiger partial charge < -0.3 is 10.2 Å². The Hall–Kier alpha value is -2.11. The molecule has 1 aliphatic heterocycles. The Balaban J connectivity index is 1.72. The summed E-state index contributed by atoms with van der Waals surface area (Å²) in [6.07, 6.45) is 5.88. The summed E-state index contributed by atoms with van der Waals surface area (Å²) in [4.78, 5) is 30.6. The van der Waals surface area contributed by atoms with Crippen molar-refractivity contribution < 1.29 is 9.59 Å². The molecule has 1 aromatic heterocycles. The molecule has 3 rings (SSSR count). The van der Waals surface area contributed by atoms with Crippen molar-refractivity contribution in [1.82, 2.24) is 15.2 Å². The molecular formula is C17H24N4O2. The molecule has 6 nitrogen and oxygen atoms in total. The monoisotopic (exact) mass is 316 g/mol. The summed E-state index contributed by atoms with van der Waals surface area (Å²) in [6, 6.07) is 5.57. The molecule has 3 unspecified atom stereocenters. The highest BCUT2D eigenvalue weighted by Crippen LogP contribution is 2.39. The van der Waals surface area contributed by atoms with Gasteiger partial charge in [0.1, 0.15) is 11.5 Å². The standard InChI is InChI=1S/C17H24N4O2/c1-11-10-12-6-3-4-8-14(12)21(11)17(23)20-15-9-5-7-13(19-15)16(22)18-2/h5,7,9,11-12,14H,3-4,6,8,10H2,1-2H3,(H,18,22)(H,19,20,23). The molecule has 1 saturated heterocycles. The van der Waals surface area contributed by atoms with E-state index in [9.17, 15) is 9.59 Å². The van der Waals surface area contributed by atoms with Gasteiger partial charge in [-0.1, -0.05) is 18.9 Å². The number of carbonyl (C=O) groups is 2. The van der Waals surface area contributed by atoms with Crippen molar-refractivity contribution in [2.75, 3.05) is 12.4 Å². The van der Waals surface area contributed by atoms with Gasteiger partial charge in [-0.15, -0.1) is 0 Å². The summed E-state index contributed by atoms with van der Waals surface area (Å²) in [5.41, 5.74) is 0.301. The fourth-order valence-corrected chi connectivity index (χ4v) is 3.99. The number of hydrogen-bond acceptors (Lipinski definition) is 3. The van der Waals surface area contributed by atoms with Crippen molar-refractivity contribution in [3.63, 3.8) is 0 Å². The van der Waals surface area contributed by atoms with Gasteiger partial charge in [-0.2, -0.15) is 0 Å². The van der Waals surface area contributed by atoms with E-state index in [4.69, 9.17) is 0 Å². The van der Waals surface area contributed by atoms with E-state index in [-0.39, 0.29) is 18.0 Å². The second-order valence-corrected chi connectivity index (χ2v) is 6.52. The highest BCUT2D eigenvalue weighted by Gasteiger charge is 2.42. The average Bonchev–Trinajstić information content (AvgIpc) is 2.90. The molecule has 1 saturated carbocycles. The molecule has 0 bridgehead atoms. The minimum absolute atomic E-state index is 0.103. The van der Waals surface area contributed by atoms with Gasteiger partial charge in [-0.25, -0.2) is 9.78 Å². The molecule has 2 heterocycles. The van der Waals surface area contributed by atoms with Crippen molar-refractivity contribution in [1.29, 1.82) is 0 Å². The lowest BCUT2D eigenvalue weighted by molar-refractivity contribution is 0.0958. The van der Waals surface area contributed by atoms with Crippen LogP contribution in [0.15, 0.2) is 18.2 Å². The van der Waals surface area contributed by atoms with Crippen molar-refractivity contribution in [2.24, 2.45) is 5.92 Å². The number of rotatable bonds is 2. The smallest absolute Gasteiger partial charge is 0.323 e. The molecule has 1 aromatic rings. The Labute approximate surface area is 136 Å². The predicted molar refractivity (Wildman–Crippen MR) is 88.3 cm³/mol. The zero-order valence-electron chi connectivity index (χ0n) is 13.7. The van der Waals surface area contributed by atoms with Gasteiger partial charge in [0.2, 0.25) is 0 Å². The zero-order valence-corrected chi connectivity index (χ0v) is 13.7. The summed E-state index contributed by atoms with van der Waals surface area (Å²) >= 11 is 0. The van der Waals surface area contributed by atoms with Crippen LogP contribution in [0.5, 0.6) is 0 Å². The van der Waals surface area contributed by atoms with Gasteiger partial charge in [-0.05, 0) is 44.2 Å². The van der Waals surface area contributed by atoms with Crippen LogP contribution in [0.4, 0.5) is 10.6 Å². The number of aromatic nitrogens is 1. The SMILES string of the molecule is CNC(=O)c1cccc(NC(=O)N2C(C)CC3CCCCC32)n1. The maximum Gasteiger partial charge on any atom is 0.323 e. The van der Waals surface area contributed by atoms with Crippen LogP contribution in [0, 0.1) is 5.92 Å². The molecule has 1 aliphatic carbocycles. The Bertz CT molecular complexity index is 604. The van der Waals surface area contributed by atoms with Crippen LogP contribution in [-0.4, -0.2) is 41.0 Å². The van der Waals surface area contributed by atoms with Crippen molar-refractivity contribution >= 4 is 17.8 Å². The third-order valence-corrected chi connectivity index (χ3v) is 5.02. The molecule has 2 aliphatic rings. The number of urea groups is 1. The average molecular weight is 316 g/mol. The number of pyridine rings is 1. The van der Waals surface area contributed by atoms with E-state index in [0.29, 0.717) is 23.5 Å². The normalized spacial score (nSPS) is 26.5. The van der Waals surface area contributed by atoms with Crippen LogP contribution in [0.3, 0.4) is 0 Å². The van der Waals surface area contributed by atoms with Gasteiger partial charge in [0.05, 0.1) is 0 Å². The largest absolute Gasteiger partial charge is 0.354 e. The topological polar surface area (TPSA) is 74.3 Å². The number of likely N-dealkylation sites (tertiary alicyclic amines) is 1. The first-order valence-corrected chi connectivity index (χ1v) is 8.38. The van der Waals surface area contributed by atoms with E-state index in [0.717, 1.165) is 12.8 Å². The summed E-state index contributed by atoms with van der Waals surface area (Å²) < 4.78 is 0. The van der Waals surface area contributed by atoms with Gasteiger partial charge in [0.25, 0.3) is 5.91 Å². The van der Waals surface area contributed by atoms with Crippen LogP contribution < -0.4 is 10.6 Å². The molecule has 0 spiro atoms. The molecular weight excluding hydrogens is 292 g/mol. The molecule has 3 amide bonds. The van der Waals surface area contributed by atoms with E-state index in [2.05, 4.69) is 22.5 Å². The molecule has 3 atom stereocenters. The first-order valence-electron chi connectivity index (χ1n) is 8.38. The summed E-state index contributed by atoms with van der Waals surface area (Å²) in [6.45, 7) is 2.12. The van der Waals surface area contributed by atoms with Crippen LogP contribution in [0.1, 0.15) is 49.5 Å². The molecule has 2 N–H and O–H groups in total. The van der Waals surface area contributed by atoms with Crippen LogP contribution >= 0.6 is 0 Å². The minimum atomic E-state index is -0.261. The number of hydrogen-bond donors (Lipinski definition) is 2. The maximum atomic E-state index is 12.7. The summed E-state index contributed by atoms with van der Waals surface area (Å²) in [5, 5.41) is 5.40. The fraction of sp³-hybridized carbons (Fsp3) is 0.588. The zero-order chi connectivity index (χ0) is 16.4. The number of nitrogens with one attached hydrogen (secondary N) is 2. The Morgan fingerprint density at radius 1 is 1.26 bits per heavy atom. The lowest BCUT2D eigenvalue weighted by Crippen LogP contribution is -2.44. The minimum Gasteiger partial charge on any atom is -0.354 e. The second kappa shape index (κ2) is 6.56. The van der Waals surface area contributed by atoms with Crippen LogP contribution in [-0.2, 0) is 0 Å². The van der Waals surface area contributed by atoms with E-state index >= 15 is 0 Å². The second-order valence-electron chi connectivity index (χ2n) is 6.52. The lowest BCUT2D eigenvalue weighted by atomic mass is 9.85. The van der Waals surface area contributed by atoms with Gasteiger partial charge in [-0.3, -0.25) is 10.1 Å². The van der Waals surface area contributed by atoms with E-state index in [1.165, 1.54) is 19.3 Å². The number of fused-ring (bicyclic) bond motifs is 1. The van der Waals surface area contributed by atoms with Crippen molar-refractivity contribution in [3.8, 4) is 0 Å². The van der Waals surface area contributed by atoms with Crippen LogP contribution in [0.2, 0.25) is 0 Å². The number of carbonyl (C=O) groups excluding carboxylic acids is 2. The molecule has 2 fully saturated rings. The van der Waals surface area contributed by atoms with Gasteiger partial charge in [0.15, 0.2) is 0 Å². The van der Waals surface area contributed by atoms with Gasteiger partial charge >= 0.3 is 6.03 Å². The maximum absolute atomic E-state index is 12.7. The molecule has 0 aromatic carbocycles. The summed E-state index contributed by atoms with van der Waals surface area (Å²) in [7, 11) is 1.56. The highest BCUT2D eigenvalue weighted by molar-refractivity contribution is 5.93. The van der Waals surface area contributed by atoms with Crippen molar-refractivity contribution in [2.45, 2.75) is 51.1 Å². The third kappa shape index (κ3) is 3.16. The lowest BCUT2D eigenvalue weighted by Gasteiger charge is -2.33. The molecule has 23 heavy (non-hydrogen) atoms. The number of amides is 3. The van der Waals surface area contributed by atoms with E-state index in [1.54, 1.807) is 25.2 Å². The first-order chi connectivity index (χ1) is 11.1. The predicted octanol–water partition coefficient (Wildman–Crippen LogP) is 2.63. The van der Waals surface area contributed by atoms with Gasteiger partial charge in [0, 0.05) is 19.1 Å². The quantitative estimate of drug-likeness (QED) is 0.881. The Morgan fingerprint density at radius 3 is 2.83 bits per heavy atom. The summed E-state index contributed by atoms with van der Waals surface area (Å²) in [5.74, 6) is 0.792. The van der Waals surface area contributed by atoms with Crippen molar-refractivity contribution in [3.05, 3.63) is 23.9 Å². The van der Waals surface area contributed by atoms with E-state index in [1.807, 2.05) is 4.90 Å². The Kier molecular flexibility index (Phi) is 4.50. The highest BCUT2D eigenvalue weighted by atomic mass is 16.2. The number of nitrogens with zero attached hydrogens (tertiary/aromatic N) is 2. The molecule has 0 radical (unpaired) electrons. The fourth-order valence-electron chi connectivity index (χ4n) is 3.99. The van der Waals surface area contributed by atoms with E-state index < -0.39 is 0 Å². The first kappa shape index (κ1) is 15.8. The molecule has 6 heteroatoms. The number of anilines is 1. The third-order valence-electron chi connectivity index (χ3n) is 5.02. The Morgan fingerprint density at radius 2 is 2.04 bits per heavy atom. The van der Waals surface area contributed by atoms with Crippen LogP contribution in [0.25, 0.3) is 0 Å².